The van der Waals surface area contributed by atoms with Crippen LogP contribution in [0.3, 0.4) is 0 Å². The number of hydrogen-bond acceptors (Lipinski definition) is 3. The number of hydrogen-bond donors (Lipinski definition) is 1. The van der Waals surface area contributed by atoms with Crippen LogP contribution in [0.1, 0.15) is 34.3 Å². The summed E-state index contributed by atoms with van der Waals surface area (Å²) >= 11 is 0. The van der Waals surface area contributed by atoms with E-state index < -0.39 is 0 Å². The van der Waals surface area contributed by atoms with E-state index in [9.17, 15) is 9.59 Å². The fourth-order valence-electron chi connectivity index (χ4n) is 2.64. The summed E-state index contributed by atoms with van der Waals surface area (Å²) < 4.78 is 0. The maximum absolute atomic E-state index is 12.3. The van der Waals surface area contributed by atoms with Gasteiger partial charge in [0, 0.05) is 5.56 Å². The van der Waals surface area contributed by atoms with Crippen LogP contribution in [-0.4, -0.2) is 35.7 Å². The van der Waals surface area contributed by atoms with Gasteiger partial charge < -0.3 is 5.73 Å². The highest BCUT2D eigenvalue weighted by Gasteiger charge is 2.30. The molecule has 0 bridgehead atoms. The molecule has 0 saturated carbocycles. The van der Waals surface area contributed by atoms with Gasteiger partial charge in [0.1, 0.15) is 0 Å². The molecule has 0 aromatic heterocycles. The summed E-state index contributed by atoms with van der Waals surface area (Å²) in [5.74, 6) is -0.263. The lowest BCUT2D eigenvalue weighted by Crippen LogP contribution is -2.42. The average molecular weight is 260 g/mol. The molecule has 1 aromatic rings. The molecule has 1 heterocycles. The number of aryl methyl sites for hydroxylation is 2. The number of nitrogens with zero attached hydrogens (tertiary/aromatic N) is 1. The summed E-state index contributed by atoms with van der Waals surface area (Å²) in [6.45, 7) is 4.95. The largest absolute Gasteiger partial charge is 0.368 e. The smallest absolute Gasteiger partial charge is 0.234 e. The molecule has 1 atom stereocenters. The van der Waals surface area contributed by atoms with Crippen molar-refractivity contribution in [3.8, 4) is 0 Å². The molecule has 19 heavy (non-hydrogen) atoms. The van der Waals surface area contributed by atoms with Crippen LogP contribution in [0, 0.1) is 13.8 Å². The zero-order valence-corrected chi connectivity index (χ0v) is 11.5. The number of rotatable bonds is 4. The summed E-state index contributed by atoms with van der Waals surface area (Å²) in [4.78, 5) is 25.6. The molecular weight excluding hydrogens is 240 g/mol. The molecule has 0 aliphatic carbocycles. The lowest BCUT2D eigenvalue weighted by Gasteiger charge is -2.21. The van der Waals surface area contributed by atoms with Crippen LogP contribution in [0.5, 0.6) is 0 Å². The second-order valence-electron chi connectivity index (χ2n) is 5.27. The van der Waals surface area contributed by atoms with E-state index in [-0.39, 0.29) is 24.3 Å². The number of carbonyl (C=O) groups is 2. The van der Waals surface area contributed by atoms with Gasteiger partial charge in [0.2, 0.25) is 5.91 Å². The zero-order valence-electron chi connectivity index (χ0n) is 11.5. The molecule has 1 aromatic carbocycles. The standard InChI is InChI=1S/C15H20N2O2/c1-10-5-6-11(2)12(8-10)14(18)9-17-7-3-4-13(17)15(16)19/h5-6,8,13H,3-4,7,9H2,1-2H3,(H2,16,19). The maximum atomic E-state index is 12.3. The highest BCUT2D eigenvalue weighted by atomic mass is 16.1. The molecule has 1 aliphatic rings. The minimum absolute atomic E-state index is 0.0642. The first-order chi connectivity index (χ1) is 8.99. The van der Waals surface area contributed by atoms with Crippen LogP contribution < -0.4 is 5.73 Å². The number of benzene rings is 1. The Bertz CT molecular complexity index is 511. The second kappa shape index (κ2) is 5.53. The van der Waals surface area contributed by atoms with Gasteiger partial charge in [0.25, 0.3) is 0 Å². The molecule has 2 rings (SSSR count). The molecule has 0 radical (unpaired) electrons. The lowest BCUT2D eigenvalue weighted by atomic mass is 10.0. The molecular formula is C15H20N2O2. The number of amides is 1. The van der Waals surface area contributed by atoms with Crippen LogP contribution in [0.15, 0.2) is 18.2 Å². The third-order valence-corrected chi connectivity index (χ3v) is 3.73. The van der Waals surface area contributed by atoms with E-state index in [1.165, 1.54) is 0 Å². The van der Waals surface area contributed by atoms with E-state index in [2.05, 4.69) is 0 Å². The van der Waals surface area contributed by atoms with Gasteiger partial charge in [-0.25, -0.2) is 0 Å². The first-order valence-corrected chi connectivity index (χ1v) is 6.63. The van der Waals surface area contributed by atoms with Crippen molar-refractivity contribution in [3.63, 3.8) is 0 Å². The highest BCUT2D eigenvalue weighted by molar-refractivity contribution is 5.99. The van der Waals surface area contributed by atoms with Gasteiger partial charge in [0.15, 0.2) is 5.78 Å². The Hall–Kier alpha value is -1.68. The average Bonchev–Trinajstić information content (AvgIpc) is 2.80. The van der Waals surface area contributed by atoms with Crippen molar-refractivity contribution in [1.29, 1.82) is 0 Å². The molecule has 1 fully saturated rings. The van der Waals surface area contributed by atoms with Gasteiger partial charge >= 0.3 is 0 Å². The van der Waals surface area contributed by atoms with Gasteiger partial charge in [-0.05, 0) is 44.9 Å². The van der Waals surface area contributed by atoms with E-state index in [0.29, 0.717) is 0 Å². The van der Waals surface area contributed by atoms with Gasteiger partial charge in [0.05, 0.1) is 12.6 Å². The number of ketones is 1. The minimum Gasteiger partial charge on any atom is -0.368 e. The molecule has 0 spiro atoms. The van der Waals surface area contributed by atoms with Crippen LogP contribution in [0.2, 0.25) is 0 Å². The number of Topliss-reactive ketones (excluding diaryl/α,β-unsaturated/α-hetero) is 1. The molecule has 2 N–H and O–H groups in total. The molecule has 1 unspecified atom stereocenters. The van der Waals surface area contributed by atoms with Crippen molar-refractivity contribution >= 4 is 11.7 Å². The van der Waals surface area contributed by atoms with E-state index in [1.807, 2.05) is 36.9 Å². The van der Waals surface area contributed by atoms with Crippen LogP contribution >= 0.6 is 0 Å². The van der Waals surface area contributed by atoms with Crippen LogP contribution in [0.25, 0.3) is 0 Å². The third kappa shape index (κ3) is 3.01. The Kier molecular flexibility index (Phi) is 4.00. The number of primary amides is 1. The fourth-order valence-corrected chi connectivity index (χ4v) is 2.64. The molecule has 1 aliphatic heterocycles. The maximum Gasteiger partial charge on any atom is 0.234 e. The summed E-state index contributed by atoms with van der Waals surface area (Å²) in [6.07, 6.45) is 1.68. The Labute approximate surface area is 113 Å². The second-order valence-corrected chi connectivity index (χ2v) is 5.27. The summed E-state index contributed by atoms with van der Waals surface area (Å²) in [5.41, 5.74) is 8.16. The number of carbonyl (C=O) groups excluding carboxylic acids is 2. The topological polar surface area (TPSA) is 63.4 Å². The van der Waals surface area contributed by atoms with Crippen LogP contribution in [-0.2, 0) is 4.79 Å². The van der Waals surface area contributed by atoms with E-state index in [0.717, 1.165) is 36.1 Å². The highest BCUT2D eigenvalue weighted by Crippen LogP contribution is 2.18. The molecule has 4 nitrogen and oxygen atoms in total. The normalized spacial score (nSPS) is 19.6. The molecule has 1 saturated heterocycles. The van der Waals surface area contributed by atoms with Gasteiger partial charge in [-0.15, -0.1) is 0 Å². The Morgan fingerprint density at radius 1 is 1.37 bits per heavy atom. The van der Waals surface area contributed by atoms with Crippen molar-refractivity contribution in [1.82, 2.24) is 4.90 Å². The van der Waals surface area contributed by atoms with Gasteiger partial charge in [-0.1, -0.05) is 17.7 Å². The fraction of sp³-hybridized carbons (Fsp3) is 0.467. The number of nitrogens with two attached hydrogens (primary N) is 1. The minimum atomic E-state index is -0.328. The molecule has 1 amide bonds. The van der Waals surface area contributed by atoms with Crippen LogP contribution in [0.4, 0.5) is 0 Å². The predicted octanol–water partition coefficient (Wildman–Crippen LogP) is 1.44. The van der Waals surface area contributed by atoms with Gasteiger partial charge in [-0.3, -0.25) is 14.5 Å². The van der Waals surface area contributed by atoms with Crippen molar-refractivity contribution < 1.29 is 9.59 Å². The molecule has 102 valence electrons. The summed E-state index contributed by atoms with van der Waals surface area (Å²) in [5, 5.41) is 0. The molecule has 4 heteroatoms. The first-order valence-electron chi connectivity index (χ1n) is 6.63. The first kappa shape index (κ1) is 13.7. The zero-order chi connectivity index (χ0) is 14.0. The number of likely N-dealkylation sites (tertiary alicyclic amines) is 1. The lowest BCUT2D eigenvalue weighted by molar-refractivity contribution is -0.122. The van der Waals surface area contributed by atoms with Crippen molar-refractivity contribution in [2.24, 2.45) is 5.73 Å². The monoisotopic (exact) mass is 260 g/mol. The SMILES string of the molecule is Cc1ccc(C)c(C(=O)CN2CCCC2C(N)=O)c1. The van der Waals surface area contributed by atoms with E-state index in [4.69, 9.17) is 5.73 Å². The quantitative estimate of drug-likeness (QED) is 0.833. The van der Waals surface area contributed by atoms with Crippen molar-refractivity contribution in [2.75, 3.05) is 13.1 Å². The third-order valence-electron chi connectivity index (χ3n) is 3.73. The Morgan fingerprint density at radius 3 is 2.79 bits per heavy atom. The Morgan fingerprint density at radius 2 is 2.11 bits per heavy atom. The summed E-state index contributed by atoms with van der Waals surface area (Å²) in [7, 11) is 0. The summed E-state index contributed by atoms with van der Waals surface area (Å²) in [6, 6.07) is 5.58. The van der Waals surface area contributed by atoms with E-state index in [1.54, 1.807) is 0 Å². The van der Waals surface area contributed by atoms with E-state index >= 15 is 0 Å². The Balaban J connectivity index is 2.12. The van der Waals surface area contributed by atoms with Crippen molar-refractivity contribution in [2.45, 2.75) is 32.7 Å². The van der Waals surface area contributed by atoms with Gasteiger partial charge in [-0.2, -0.15) is 0 Å². The van der Waals surface area contributed by atoms with Crippen molar-refractivity contribution in [3.05, 3.63) is 34.9 Å². The predicted molar refractivity (Wildman–Crippen MR) is 74.0 cm³/mol.